The van der Waals surface area contributed by atoms with Gasteiger partial charge in [0.15, 0.2) is 6.04 Å². The van der Waals surface area contributed by atoms with Gasteiger partial charge in [0.1, 0.15) is 0 Å². The molecule has 1 atom stereocenters. The third-order valence-electron chi connectivity index (χ3n) is 5.34. The van der Waals surface area contributed by atoms with E-state index < -0.39 is 12.0 Å². The lowest BCUT2D eigenvalue weighted by Gasteiger charge is -2.21. The summed E-state index contributed by atoms with van der Waals surface area (Å²) in [5.74, 6) is -0.341. The van der Waals surface area contributed by atoms with Crippen LogP contribution in [0.1, 0.15) is 23.0 Å². The lowest BCUT2D eigenvalue weighted by molar-refractivity contribution is -0.139. The van der Waals surface area contributed by atoms with E-state index in [0.717, 1.165) is 34.4 Å². The summed E-state index contributed by atoms with van der Waals surface area (Å²) < 4.78 is 2.04. The van der Waals surface area contributed by atoms with Gasteiger partial charge in [0.2, 0.25) is 5.82 Å². The smallest absolute Gasteiger partial charge is 0.327 e. The van der Waals surface area contributed by atoms with Crippen LogP contribution in [-0.4, -0.2) is 47.8 Å². The first-order chi connectivity index (χ1) is 14.7. The van der Waals surface area contributed by atoms with E-state index in [2.05, 4.69) is 55.2 Å². The van der Waals surface area contributed by atoms with E-state index in [-0.39, 0.29) is 0 Å². The molecule has 0 spiro atoms. The Bertz CT molecular complexity index is 1180. The number of carboxylic acids is 1. The van der Waals surface area contributed by atoms with Crippen LogP contribution in [-0.2, 0) is 17.8 Å². The zero-order valence-corrected chi connectivity index (χ0v) is 16.0. The van der Waals surface area contributed by atoms with Crippen molar-refractivity contribution in [3.05, 3.63) is 71.8 Å². The maximum Gasteiger partial charge on any atom is 0.327 e. The van der Waals surface area contributed by atoms with Gasteiger partial charge in [-0.1, -0.05) is 48.5 Å². The number of rotatable bonds is 5. The molecule has 3 heterocycles. The zero-order valence-electron chi connectivity index (χ0n) is 16.0. The quantitative estimate of drug-likeness (QED) is 0.468. The Morgan fingerprint density at radius 3 is 2.67 bits per heavy atom. The van der Waals surface area contributed by atoms with Crippen LogP contribution in [0.4, 0.5) is 0 Å². The van der Waals surface area contributed by atoms with Gasteiger partial charge in [-0.2, -0.15) is 5.21 Å². The normalized spacial score (nSPS) is 15.7. The van der Waals surface area contributed by atoms with E-state index in [1.54, 1.807) is 6.33 Å². The minimum absolute atomic E-state index is 0.557. The molecular weight excluding hydrogens is 382 g/mol. The largest absolute Gasteiger partial charge is 0.480 e. The molecule has 1 aliphatic heterocycles. The van der Waals surface area contributed by atoms with Crippen molar-refractivity contribution in [3.63, 3.8) is 0 Å². The summed E-state index contributed by atoms with van der Waals surface area (Å²) in [6, 6.07) is 15.5. The van der Waals surface area contributed by atoms with E-state index >= 15 is 0 Å². The highest BCUT2D eigenvalue weighted by Gasteiger charge is 2.29. The van der Waals surface area contributed by atoms with Crippen LogP contribution in [0.3, 0.4) is 0 Å². The number of aliphatic carboxylic acids is 1. The second-order valence-electron chi connectivity index (χ2n) is 7.16. The molecule has 4 aromatic rings. The lowest BCUT2D eigenvalue weighted by Crippen LogP contribution is -2.35. The van der Waals surface area contributed by atoms with Crippen LogP contribution in [0.25, 0.3) is 22.5 Å². The van der Waals surface area contributed by atoms with Gasteiger partial charge in [0.05, 0.1) is 12.0 Å². The average molecular weight is 401 g/mol. The van der Waals surface area contributed by atoms with Gasteiger partial charge in [-0.25, -0.2) is 4.98 Å². The number of aromatic nitrogens is 6. The van der Waals surface area contributed by atoms with Gasteiger partial charge >= 0.3 is 5.97 Å². The average Bonchev–Trinajstić information content (AvgIpc) is 3.45. The maximum absolute atomic E-state index is 11.4. The number of aromatic amines is 1. The van der Waals surface area contributed by atoms with Crippen LogP contribution in [0.15, 0.2) is 54.9 Å². The highest BCUT2D eigenvalue weighted by atomic mass is 16.4. The van der Waals surface area contributed by atoms with E-state index in [0.29, 0.717) is 24.6 Å². The van der Waals surface area contributed by atoms with Crippen LogP contribution in [0, 0.1) is 0 Å². The summed E-state index contributed by atoms with van der Waals surface area (Å²) in [4.78, 5) is 15.8. The number of hydrogen-bond donors (Lipinski definition) is 3. The first-order valence-electron chi connectivity index (χ1n) is 9.63. The van der Waals surface area contributed by atoms with Crippen LogP contribution >= 0.6 is 0 Å². The van der Waals surface area contributed by atoms with Crippen molar-refractivity contribution in [2.24, 2.45) is 0 Å². The molecule has 0 radical (unpaired) electrons. The maximum atomic E-state index is 11.4. The number of carbonyl (C=O) groups is 1. The molecule has 2 aromatic carbocycles. The Kier molecular flexibility index (Phi) is 4.56. The van der Waals surface area contributed by atoms with Gasteiger partial charge in [0, 0.05) is 30.8 Å². The van der Waals surface area contributed by atoms with E-state index in [9.17, 15) is 9.90 Å². The molecule has 9 nitrogen and oxygen atoms in total. The fraction of sp³-hybridized carbons (Fsp3) is 0.190. The van der Waals surface area contributed by atoms with Crippen molar-refractivity contribution in [2.75, 3.05) is 6.54 Å². The second-order valence-corrected chi connectivity index (χ2v) is 7.16. The number of nitrogens with one attached hydrogen (secondary N) is 2. The number of carboxylic acid groups (broad SMARTS) is 1. The number of nitrogens with zero attached hydrogens (tertiary/aromatic N) is 5. The van der Waals surface area contributed by atoms with Gasteiger partial charge < -0.3 is 9.67 Å². The molecule has 0 fully saturated rings. The first kappa shape index (κ1) is 18.2. The molecule has 30 heavy (non-hydrogen) atoms. The Hall–Kier alpha value is -3.85. The SMILES string of the molecule is O=C(O)C1NCCc2c1ncn2Cc1ccc(-c2ccccc2-c2nn[nH]n2)cc1. The van der Waals surface area contributed by atoms with Gasteiger partial charge in [-0.05, 0) is 21.9 Å². The number of tetrazole rings is 1. The number of fused-ring (bicyclic) bond motifs is 1. The number of imidazole rings is 1. The van der Waals surface area contributed by atoms with Crippen LogP contribution < -0.4 is 5.32 Å². The molecule has 2 aromatic heterocycles. The Balaban J connectivity index is 1.41. The lowest BCUT2D eigenvalue weighted by atomic mass is 9.98. The molecule has 0 amide bonds. The second kappa shape index (κ2) is 7.53. The van der Waals surface area contributed by atoms with E-state index in [4.69, 9.17) is 0 Å². The minimum atomic E-state index is -0.897. The van der Waals surface area contributed by atoms with E-state index in [1.165, 1.54) is 0 Å². The Morgan fingerprint density at radius 2 is 1.93 bits per heavy atom. The Labute approximate surface area is 171 Å². The summed E-state index contributed by atoms with van der Waals surface area (Å²) in [6.07, 6.45) is 2.49. The molecule has 150 valence electrons. The minimum Gasteiger partial charge on any atom is -0.480 e. The number of hydrogen-bond acceptors (Lipinski definition) is 6. The molecule has 5 rings (SSSR count). The van der Waals surface area contributed by atoms with Crippen molar-refractivity contribution in [2.45, 2.75) is 19.0 Å². The molecule has 0 saturated carbocycles. The molecule has 0 bridgehead atoms. The third kappa shape index (κ3) is 3.25. The first-order valence-corrected chi connectivity index (χ1v) is 9.63. The molecule has 0 aliphatic carbocycles. The summed E-state index contributed by atoms with van der Waals surface area (Å²) in [5.41, 5.74) is 5.70. The predicted molar refractivity (Wildman–Crippen MR) is 108 cm³/mol. The fourth-order valence-corrected chi connectivity index (χ4v) is 3.90. The molecular formula is C21H19N7O2. The highest BCUT2D eigenvalue weighted by molar-refractivity contribution is 5.80. The predicted octanol–water partition coefficient (Wildman–Crippen LogP) is 2.05. The number of H-pyrrole nitrogens is 1. The summed E-state index contributed by atoms with van der Waals surface area (Å²) in [6.45, 7) is 1.27. The topological polar surface area (TPSA) is 122 Å². The molecule has 3 N–H and O–H groups in total. The van der Waals surface area contributed by atoms with Crippen LogP contribution in [0.5, 0.6) is 0 Å². The molecule has 1 unspecified atom stereocenters. The van der Waals surface area contributed by atoms with E-state index in [1.807, 2.05) is 28.8 Å². The van der Waals surface area contributed by atoms with Gasteiger partial charge in [0.25, 0.3) is 0 Å². The van der Waals surface area contributed by atoms with Crippen molar-refractivity contribution in [1.29, 1.82) is 0 Å². The summed E-state index contributed by atoms with van der Waals surface area (Å²) in [7, 11) is 0. The fourth-order valence-electron chi connectivity index (χ4n) is 3.90. The van der Waals surface area contributed by atoms with Gasteiger partial charge in [-0.3, -0.25) is 10.1 Å². The standard InChI is InChI=1S/C21H19N7O2/c29-21(30)19-18-17(9-10-22-19)28(12-23-18)11-13-5-7-14(8-6-13)15-3-1-2-4-16(15)20-24-26-27-25-20/h1-8,12,19,22H,9-11H2,(H,29,30)(H,24,25,26,27). The monoisotopic (exact) mass is 401 g/mol. The summed E-state index contributed by atoms with van der Waals surface area (Å²) >= 11 is 0. The molecule has 9 heteroatoms. The summed E-state index contributed by atoms with van der Waals surface area (Å²) in [5, 5.41) is 26.7. The third-order valence-corrected chi connectivity index (χ3v) is 5.34. The molecule has 0 saturated heterocycles. The van der Waals surface area contributed by atoms with Crippen molar-refractivity contribution < 1.29 is 9.90 Å². The molecule has 1 aliphatic rings. The Morgan fingerprint density at radius 1 is 1.13 bits per heavy atom. The van der Waals surface area contributed by atoms with Crippen molar-refractivity contribution in [1.82, 2.24) is 35.5 Å². The van der Waals surface area contributed by atoms with Crippen LogP contribution in [0.2, 0.25) is 0 Å². The zero-order chi connectivity index (χ0) is 20.5. The number of benzene rings is 2. The van der Waals surface area contributed by atoms with Crippen molar-refractivity contribution in [3.8, 4) is 22.5 Å². The van der Waals surface area contributed by atoms with Gasteiger partial charge in [-0.15, -0.1) is 10.2 Å². The van der Waals surface area contributed by atoms with Crippen molar-refractivity contribution >= 4 is 5.97 Å². The highest BCUT2D eigenvalue weighted by Crippen LogP contribution is 2.30.